The molecule has 0 aliphatic rings. The summed E-state index contributed by atoms with van der Waals surface area (Å²) in [5.41, 5.74) is 3.53. The molecule has 0 aliphatic heterocycles. The molecule has 3 aromatic rings. The molecular weight excluding hydrogens is 282 g/mol. The van der Waals surface area contributed by atoms with Gasteiger partial charge in [-0.15, -0.1) is 0 Å². The Bertz CT molecular complexity index is 826. The normalized spacial score (nSPS) is 10.8. The number of aromatic nitrogens is 1. The zero-order valence-corrected chi connectivity index (χ0v) is 12.4. The fraction of sp³-hybridized carbons (Fsp3) is 0.111. The summed E-state index contributed by atoms with van der Waals surface area (Å²) in [6.07, 6.45) is 2.06. The standard InChI is InChI=1S/C18H14ClNO/c1-12-4-5-13(16(19)9-12)11-18(21)15-6-7-17-14(10-15)3-2-8-20-17/h2-10H,11H2,1H3. The first-order valence-electron chi connectivity index (χ1n) is 6.76. The summed E-state index contributed by atoms with van der Waals surface area (Å²) in [7, 11) is 0. The minimum atomic E-state index is 0.0616. The van der Waals surface area contributed by atoms with Crippen LogP contribution in [-0.2, 0) is 6.42 Å². The molecule has 1 heterocycles. The predicted octanol–water partition coefficient (Wildman–Crippen LogP) is 4.62. The minimum Gasteiger partial charge on any atom is -0.294 e. The number of rotatable bonds is 3. The van der Waals surface area contributed by atoms with E-state index in [4.69, 9.17) is 11.6 Å². The number of pyridine rings is 1. The van der Waals surface area contributed by atoms with Crippen LogP contribution in [0.25, 0.3) is 10.9 Å². The van der Waals surface area contributed by atoms with Gasteiger partial charge in [-0.05, 0) is 48.4 Å². The van der Waals surface area contributed by atoms with Crippen molar-refractivity contribution in [1.29, 1.82) is 0 Å². The highest BCUT2D eigenvalue weighted by molar-refractivity contribution is 6.31. The number of aryl methyl sites for hydroxylation is 1. The lowest BCUT2D eigenvalue weighted by atomic mass is 10.0. The molecule has 0 N–H and O–H groups in total. The van der Waals surface area contributed by atoms with Gasteiger partial charge in [0.25, 0.3) is 0 Å². The van der Waals surface area contributed by atoms with Crippen LogP contribution < -0.4 is 0 Å². The van der Waals surface area contributed by atoms with Crippen molar-refractivity contribution in [3.63, 3.8) is 0 Å². The van der Waals surface area contributed by atoms with Crippen LogP contribution in [0.4, 0.5) is 0 Å². The van der Waals surface area contributed by atoms with Crippen LogP contribution in [-0.4, -0.2) is 10.8 Å². The van der Waals surface area contributed by atoms with Gasteiger partial charge in [-0.1, -0.05) is 29.8 Å². The summed E-state index contributed by atoms with van der Waals surface area (Å²) in [4.78, 5) is 16.7. The third kappa shape index (κ3) is 2.96. The van der Waals surface area contributed by atoms with Crippen molar-refractivity contribution in [1.82, 2.24) is 4.98 Å². The second kappa shape index (κ2) is 5.66. The molecule has 0 bridgehead atoms. The second-order valence-corrected chi connectivity index (χ2v) is 5.51. The number of fused-ring (bicyclic) bond motifs is 1. The fourth-order valence-electron chi connectivity index (χ4n) is 2.32. The maximum atomic E-state index is 12.4. The molecule has 2 nitrogen and oxygen atoms in total. The molecule has 0 fully saturated rings. The topological polar surface area (TPSA) is 30.0 Å². The molecule has 2 aromatic carbocycles. The van der Waals surface area contributed by atoms with Crippen molar-refractivity contribution in [2.45, 2.75) is 13.3 Å². The minimum absolute atomic E-state index is 0.0616. The van der Waals surface area contributed by atoms with Crippen molar-refractivity contribution >= 4 is 28.3 Å². The number of carbonyl (C=O) groups is 1. The average molecular weight is 296 g/mol. The molecular formula is C18H14ClNO. The molecule has 0 radical (unpaired) electrons. The van der Waals surface area contributed by atoms with Gasteiger partial charge in [0.1, 0.15) is 0 Å². The lowest BCUT2D eigenvalue weighted by molar-refractivity contribution is 0.0993. The lowest BCUT2D eigenvalue weighted by Gasteiger charge is -2.06. The summed E-state index contributed by atoms with van der Waals surface area (Å²) in [6, 6.07) is 15.2. The monoisotopic (exact) mass is 295 g/mol. The van der Waals surface area contributed by atoms with Crippen LogP contribution in [0.2, 0.25) is 5.02 Å². The van der Waals surface area contributed by atoms with Gasteiger partial charge >= 0.3 is 0 Å². The number of nitrogens with zero attached hydrogens (tertiary/aromatic N) is 1. The van der Waals surface area contributed by atoms with E-state index in [1.807, 2.05) is 55.5 Å². The number of hydrogen-bond donors (Lipinski definition) is 0. The van der Waals surface area contributed by atoms with E-state index in [0.717, 1.165) is 22.0 Å². The summed E-state index contributed by atoms with van der Waals surface area (Å²) >= 11 is 6.19. The van der Waals surface area contributed by atoms with E-state index >= 15 is 0 Å². The first-order chi connectivity index (χ1) is 10.1. The number of halogens is 1. The smallest absolute Gasteiger partial charge is 0.167 e. The van der Waals surface area contributed by atoms with Crippen molar-refractivity contribution in [3.8, 4) is 0 Å². The Hall–Kier alpha value is -2.19. The Labute approximate surface area is 128 Å². The highest BCUT2D eigenvalue weighted by Gasteiger charge is 2.10. The number of benzene rings is 2. The van der Waals surface area contributed by atoms with Crippen molar-refractivity contribution in [2.24, 2.45) is 0 Å². The van der Waals surface area contributed by atoms with Gasteiger partial charge in [0, 0.05) is 28.6 Å². The molecule has 21 heavy (non-hydrogen) atoms. The molecule has 0 saturated heterocycles. The Kier molecular flexibility index (Phi) is 3.72. The number of carbonyl (C=O) groups excluding carboxylic acids is 1. The van der Waals surface area contributed by atoms with Crippen molar-refractivity contribution < 1.29 is 4.79 Å². The Morgan fingerprint density at radius 3 is 2.81 bits per heavy atom. The van der Waals surface area contributed by atoms with Crippen LogP contribution in [0.3, 0.4) is 0 Å². The highest BCUT2D eigenvalue weighted by Crippen LogP contribution is 2.21. The first kappa shape index (κ1) is 13.8. The van der Waals surface area contributed by atoms with E-state index in [1.165, 1.54) is 0 Å². The predicted molar refractivity (Wildman–Crippen MR) is 86.0 cm³/mol. The van der Waals surface area contributed by atoms with Gasteiger partial charge in [0.05, 0.1) is 5.52 Å². The summed E-state index contributed by atoms with van der Waals surface area (Å²) in [6.45, 7) is 1.98. The van der Waals surface area contributed by atoms with E-state index in [2.05, 4.69) is 4.98 Å². The van der Waals surface area contributed by atoms with Crippen LogP contribution in [0.5, 0.6) is 0 Å². The van der Waals surface area contributed by atoms with E-state index in [9.17, 15) is 4.79 Å². The number of ketones is 1. The molecule has 3 rings (SSSR count). The third-order valence-corrected chi connectivity index (χ3v) is 3.84. The van der Waals surface area contributed by atoms with E-state index in [-0.39, 0.29) is 5.78 Å². The van der Waals surface area contributed by atoms with Gasteiger partial charge in [-0.2, -0.15) is 0 Å². The maximum Gasteiger partial charge on any atom is 0.167 e. The third-order valence-electron chi connectivity index (χ3n) is 3.48. The molecule has 0 spiro atoms. The SMILES string of the molecule is Cc1ccc(CC(=O)c2ccc3ncccc3c2)c(Cl)c1. The Balaban J connectivity index is 1.89. The van der Waals surface area contributed by atoms with Gasteiger partial charge in [-0.3, -0.25) is 9.78 Å². The van der Waals surface area contributed by atoms with Crippen molar-refractivity contribution in [3.05, 3.63) is 76.4 Å². The second-order valence-electron chi connectivity index (χ2n) is 5.11. The van der Waals surface area contributed by atoms with E-state index < -0.39 is 0 Å². The lowest BCUT2D eigenvalue weighted by Crippen LogP contribution is -2.04. The highest BCUT2D eigenvalue weighted by atomic mass is 35.5. The molecule has 0 atom stereocenters. The zero-order valence-electron chi connectivity index (χ0n) is 11.6. The van der Waals surface area contributed by atoms with Crippen LogP contribution in [0.15, 0.2) is 54.7 Å². The zero-order chi connectivity index (χ0) is 14.8. The molecule has 104 valence electrons. The summed E-state index contributed by atoms with van der Waals surface area (Å²) in [5.74, 6) is 0.0616. The summed E-state index contributed by atoms with van der Waals surface area (Å²) < 4.78 is 0. The number of hydrogen-bond acceptors (Lipinski definition) is 2. The quantitative estimate of drug-likeness (QED) is 0.660. The Morgan fingerprint density at radius 2 is 2.00 bits per heavy atom. The molecule has 1 aromatic heterocycles. The van der Waals surface area contributed by atoms with Crippen LogP contribution in [0.1, 0.15) is 21.5 Å². The fourth-order valence-corrected chi connectivity index (χ4v) is 2.62. The molecule has 0 saturated carbocycles. The Morgan fingerprint density at radius 1 is 1.14 bits per heavy atom. The van der Waals surface area contributed by atoms with Crippen LogP contribution >= 0.6 is 11.6 Å². The van der Waals surface area contributed by atoms with Gasteiger partial charge in [0.2, 0.25) is 0 Å². The van der Waals surface area contributed by atoms with E-state index in [1.54, 1.807) is 6.20 Å². The summed E-state index contributed by atoms with van der Waals surface area (Å²) in [5, 5.41) is 1.61. The van der Waals surface area contributed by atoms with Gasteiger partial charge in [-0.25, -0.2) is 0 Å². The molecule has 0 unspecified atom stereocenters. The van der Waals surface area contributed by atoms with E-state index in [0.29, 0.717) is 17.0 Å². The molecule has 3 heteroatoms. The van der Waals surface area contributed by atoms with Gasteiger partial charge in [0.15, 0.2) is 5.78 Å². The van der Waals surface area contributed by atoms with Crippen LogP contribution in [0, 0.1) is 6.92 Å². The molecule has 0 aliphatic carbocycles. The average Bonchev–Trinajstić information content (AvgIpc) is 2.49. The van der Waals surface area contributed by atoms with Crippen molar-refractivity contribution in [2.75, 3.05) is 0 Å². The largest absolute Gasteiger partial charge is 0.294 e. The maximum absolute atomic E-state index is 12.4. The number of Topliss-reactive ketones (excluding diaryl/α,β-unsaturated/α-hetero) is 1. The first-order valence-corrected chi connectivity index (χ1v) is 7.14. The van der Waals surface area contributed by atoms with Gasteiger partial charge < -0.3 is 0 Å². The molecule has 0 amide bonds.